The summed E-state index contributed by atoms with van der Waals surface area (Å²) < 4.78 is 39.4. The number of hydrogen-bond donors (Lipinski definition) is 0. The highest BCUT2D eigenvalue weighted by Crippen LogP contribution is 2.31. The molecule has 7 heteroatoms. The van der Waals surface area contributed by atoms with E-state index in [9.17, 15) is 13.2 Å². The summed E-state index contributed by atoms with van der Waals surface area (Å²) in [5.41, 5.74) is 1.23. The molecule has 0 amide bonds. The summed E-state index contributed by atoms with van der Waals surface area (Å²) in [6, 6.07) is 4.24. The van der Waals surface area contributed by atoms with Crippen molar-refractivity contribution < 1.29 is 13.2 Å². The fourth-order valence-electron chi connectivity index (χ4n) is 2.30. The second kappa shape index (κ2) is 5.82. The van der Waals surface area contributed by atoms with Gasteiger partial charge in [0.25, 0.3) is 0 Å². The molecular formula is C13H13Cl2F3N2. The lowest BCUT2D eigenvalue weighted by atomic mass is 10.2. The molecule has 0 aliphatic rings. The van der Waals surface area contributed by atoms with Gasteiger partial charge in [-0.15, -0.1) is 11.6 Å². The van der Waals surface area contributed by atoms with Crippen LogP contribution >= 0.6 is 23.2 Å². The Morgan fingerprint density at radius 2 is 2.05 bits per heavy atom. The predicted molar refractivity (Wildman–Crippen MR) is 74.6 cm³/mol. The predicted octanol–water partition coefficient (Wildman–Crippen LogP) is 4.98. The number of alkyl halides is 4. The fourth-order valence-corrected chi connectivity index (χ4v) is 2.64. The van der Waals surface area contributed by atoms with E-state index >= 15 is 0 Å². The number of nitrogens with zero attached hydrogens (tertiary/aromatic N) is 2. The van der Waals surface area contributed by atoms with Crippen molar-refractivity contribution in [3.63, 3.8) is 0 Å². The van der Waals surface area contributed by atoms with Gasteiger partial charge in [-0.05, 0) is 25.1 Å². The van der Waals surface area contributed by atoms with Crippen LogP contribution in [0.4, 0.5) is 13.2 Å². The molecule has 0 saturated heterocycles. The van der Waals surface area contributed by atoms with Crippen LogP contribution < -0.4 is 0 Å². The van der Waals surface area contributed by atoms with Crippen LogP contribution in [0.3, 0.4) is 0 Å². The van der Waals surface area contributed by atoms with E-state index < -0.39 is 18.6 Å². The van der Waals surface area contributed by atoms with E-state index in [2.05, 4.69) is 4.98 Å². The number of benzene rings is 1. The van der Waals surface area contributed by atoms with Crippen molar-refractivity contribution in [2.75, 3.05) is 5.88 Å². The third kappa shape index (κ3) is 3.38. The highest BCUT2D eigenvalue weighted by Gasteiger charge is 2.32. The highest BCUT2D eigenvalue weighted by atomic mass is 35.5. The number of rotatable bonds is 4. The minimum Gasteiger partial charge on any atom is -0.325 e. The van der Waals surface area contributed by atoms with E-state index in [0.29, 0.717) is 34.2 Å². The smallest absolute Gasteiger partial charge is 0.325 e. The van der Waals surface area contributed by atoms with E-state index in [1.54, 1.807) is 22.8 Å². The Bertz CT molecular complexity index is 607. The Hall–Kier alpha value is -0.940. The fraction of sp³-hybridized carbons (Fsp3) is 0.462. The van der Waals surface area contributed by atoms with Gasteiger partial charge in [0.05, 0.1) is 17.5 Å². The molecule has 0 fully saturated rings. The van der Waals surface area contributed by atoms with Crippen LogP contribution in [0.25, 0.3) is 11.0 Å². The van der Waals surface area contributed by atoms with Crippen LogP contribution in [-0.2, 0) is 6.42 Å². The first-order chi connectivity index (χ1) is 9.31. The second-order valence-electron chi connectivity index (χ2n) is 4.64. The quantitative estimate of drug-likeness (QED) is 0.725. The molecule has 0 N–H and O–H groups in total. The van der Waals surface area contributed by atoms with Gasteiger partial charge in [-0.2, -0.15) is 13.2 Å². The van der Waals surface area contributed by atoms with Gasteiger partial charge in [0.2, 0.25) is 0 Å². The summed E-state index contributed by atoms with van der Waals surface area (Å²) in [6.45, 7) is 1.53. The molecule has 0 spiro atoms. The summed E-state index contributed by atoms with van der Waals surface area (Å²) in [6.07, 6.45) is -4.72. The lowest BCUT2D eigenvalue weighted by Gasteiger charge is -2.19. The summed E-state index contributed by atoms with van der Waals surface area (Å²) in [7, 11) is 0. The van der Waals surface area contributed by atoms with Crippen molar-refractivity contribution in [1.29, 1.82) is 0 Å². The van der Waals surface area contributed by atoms with Crippen LogP contribution in [0.1, 0.15) is 25.2 Å². The Morgan fingerprint density at radius 1 is 1.35 bits per heavy atom. The Morgan fingerprint density at radius 3 is 2.65 bits per heavy atom. The molecule has 110 valence electrons. The van der Waals surface area contributed by atoms with Crippen molar-refractivity contribution >= 4 is 34.2 Å². The van der Waals surface area contributed by atoms with Gasteiger partial charge in [0.15, 0.2) is 0 Å². The minimum atomic E-state index is -4.22. The number of imidazole rings is 1. The highest BCUT2D eigenvalue weighted by molar-refractivity contribution is 6.31. The van der Waals surface area contributed by atoms with E-state index in [4.69, 9.17) is 23.2 Å². The van der Waals surface area contributed by atoms with Gasteiger partial charge < -0.3 is 4.57 Å². The molecular weight excluding hydrogens is 312 g/mol. The van der Waals surface area contributed by atoms with Crippen LogP contribution in [0.5, 0.6) is 0 Å². The summed E-state index contributed by atoms with van der Waals surface area (Å²) in [5, 5.41) is 0.503. The molecule has 0 bridgehead atoms. The van der Waals surface area contributed by atoms with Crippen LogP contribution in [0, 0.1) is 0 Å². The summed E-state index contributed by atoms with van der Waals surface area (Å²) >= 11 is 11.6. The normalized spacial score (nSPS) is 13.9. The number of aryl methyl sites for hydroxylation is 1. The van der Waals surface area contributed by atoms with Gasteiger partial charge in [0.1, 0.15) is 5.82 Å². The van der Waals surface area contributed by atoms with E-state index in [1.165, 1.54) is 6.92 Å². The maximum atomic E-state index is 12.6. The molecule has 0 radical (unpaired) electrons. The molecule has 0 aliphatic heterocycles. The topological polar surface area (TPSA) is 17.8 Å². The molecule has 1 aromatic carbocycles. The molecule has 2 nitrogen and oxygen atoms in total. The van der Waals surface area contributed by atoms with E-state index in [-0.39, 0.29) is 0 Å². The average molecular weight is 325 g/mol. The largest absolute Gasteiger partial charge is 0.391 e. The number of aromatic nitrogens is 2. The van der Waals surface area contributed by atoms with Gasteiger partial charge >= 0.3 is 6.18 Å². The first-order valence-electron chi connectivity index (χ1n) is 6.11. The average Bonchev–Trinajstić information content (AvgIpc) is 2.64. The van der Waals surface area contributed by atoms with Crippen LogP contribution in [-0.4, -0.2) is 21.6 Å². The van der Waals surface area contributed by atoms with Crippen LogP contribution in [0.15, 0.2) is 18.2 Å². The van der Waals surface area contributed by atoms with Crippen molar-refractivity contribution in [2.24, 2.45) is 0 Å². The Labute approximate surface area is 124 Å². The van der Waals surface area contributed by atoms with Gasteiger partial charge in [-0.25, -0.2) is 4.98 Å². The maximum Gasteiger partial charge on any atom is 0.391 e. The lowest BCUT2D eigenvalue weighted by Crippen LogP contribution is -2.18. The Balaban J connectivity index is 2.50. The molecule has 1 unspecified atom stereocenters. The third-order valence-corrected chi connectivity index (χ3v) is 3.43. The maximum absolute atomic E-state index is 12.6. The third-order valence-electron chi connectivity index (χ3n) is 3.01. The molecule has 2 aromatic rings. The molecule has 0 saturated carbocycles. The molecule has 2 rings (SSSR count). The molecule has 1 heterocycles. The standard InChI is InChI=1S/C13H13Cl2F3N2/c1-8(7-13(16,17)18)20-11-3-2-9(15)6-10(11)19-12(20)4-5-14/h2-3,6,8H,4-5,7H2,1H3. The molecule has 0 aliphatic carbocycles. The van der Waals surface area contributed by atoms with E-state index in [1.807, 2.05) is 0 Å². The zero-order valence-corrected chi connectivity index (χ0v) is 12.2. The monoisotopic (exact) mass is 324 g/mol. The lowest BCUT2D eigenvalue weighted by molar-refractivity contribution is -0.141. The van der Waals surface area contributed by atoms with Crippen molar-refractivity contribution in [2.45, 2.75) is 32.0 Å². The summed E-state index contributed by atoms with van der Waals surface area (Å²) in [5.74, 6) is 0.851. The SMILES string of the molecule is CC(CC(F)(F)F)n1c(CCCl)nc2cc(Cl)ccc21. The van der Waals surface area contributed by atoms with Gasteiger partial charge in [-0.3, -0.25) is 0 Å². The zero-order valence-electron chi connectivity index (χ0n) is 10.7. The van der Waals surface area contributed by atoms with E-state index in [0.717, 1.165) is 0 Å². The van der Waals surface area contributed by atoms with Crippen molar-refractivity contribution in [1.82, 2.24) is 9.55 Å². The number of hydrogen-bond acceptors (Lipinski definition) is 1. The second-order valence-corrected chi connectivity index (χ2v) is 5.45. The van der Waals surface area contributed by atoms with Crippen molar-refractivity contribution in [3.8, 4) is 0 Å². The Kier molecular flexibility index (Phi) is 4.49. The van der Waals surface area contributed by atoms with Crippen molar-refractivity contribution in [3.05, 3.63) is 29.0 Å². The minimum absolute atomic E-state index is 0.301. The molecule has 20 heavy (non-hydrogen) atoms. The number of fused-ring (bicyclic) bond motifs is 1. The van der Waals surface area contributed by atoms with Gasteiger partial charge in [0, 0.05) is 23.4 Å². The first kappa shape index (κ1) is 15.4. The van der Waals surface area contributed by atoms with Gasteiger partial charge in [-0.1, -0.05) is 11.6 Å². The molecule has 1 atom stereocenters. The zero-order chi connectivity index (χ0) is 14.9. The first-order valence-corrected chi connectivity index (χ1v) is 7.02. The summed E-state index contributed by atoms with van der Waals surface area (Å²) in [4.78, 5) is 4.34. The molecule has 1 aromatic heterocycles. The number of halogens is 5. The van der Waals surface area contributed by atoms with Crippen LogP contribution in [0.2, 0.25) is 5.02 Å².